The highest BCUT2D eigenvalue weighted by atomic mass is 16.2. The molecule has 0 aliphatic heterocycles. The van der Waals surface area contributed by atoms with Gasteiger partial charge in [-0.25, -0.2) is 4.79 Å². The monoisotopic (exact) mass is 408 g/mol. The van der Waals surface area contributed by atoms with Crippen molar-refractivity contribution in [3.8, 4) is 0 Å². The molecule has 0 aliphatic rings. The Balaban J connectivity index is 1.64. The van der Waals surface area contributed by atoms with E-state index in [0.717, 1.165) is 33.4 Å². The summed E-state index contributed by atoms with van der Waals surface area (Å²) in [6.07, 6.45) is 1.60. The zero-order valence-corrected chi connectivity index (χ0v) is 16.9. The van der Waals surface area contributed by atoms with Gasteiger partial charge in [-0.15, -0.1) is 4.68 Å². The zero-order valence-electron chi connectivity index (χ0n) is 16.9. The smallest absolute Gasteiger partial charge is 0.340 e. The van der Waals surface area contributed by atoms with E-state index in [-0.39, 0.29) is 0 Å². The van der Waals surface area contributed by atoms with Crippen molar-refractivity contribution in [2.45, 2.75) is 13.5 Å². The third-order valence-electron chi connectivity index (χ3n) is 5.55. The van der Waals surface area contributed by atoms with Crippen molar-refractivity contribution in [3.63, 3.8) is 0 Å². The maximum atomic E-state index is 12.8. The molecule has 0 fully saturated rings. The number of H-pyrrole nitrogens is 1. The van der Waals surface area contributed by atoms with Crippen molar-refractivity contribution >= 4 is 28.0 Å². The van der Waals surface area contributed by atoms with Crippen molar-refractivity contribution in [3.05, 3.63) is 117 Å². The molecule has 6 heteroatoms. The van der Waals surface area contributed by atoms with Crippen molar-refractivity contribution < 1.29 is 0 Å². The SMILES string of the molecule is Cc1c(C=Nn2c(=O)[nH]c3ccccc3c2=O)c2ccccc2n1Cc1ccccc1. The summed E-state index contributed by atoms with van der Waals surface area (Å²) < 4.78 is 3.10. The summed E-state index contributed by atoms with van der Waals surface area (Å²) in [6, 6.07) is 25.2. The summed E-state index contributed by atoms with van der Waals surface area (Å²) in [7, 11) is 0. The normalized spacial score (nSPS) is 11.6. The van der Waals surface area contributed by atoms with Crippen LogP contribution in [-0.2, 0) is 6.54 Å². The second-order valence-corrected chi connectivity index (χ2v) is 7.43. The molecular formula is C25H20N4O2. The Morgan fingerprint density at radius 3 is 2.35 bits per heavy atom. The molecule has 3 aromatic carbocycles. The molecule has 5 rings (SSSR count). The first kappa shape index (κ1) is 18.8. The predicted molar refractivity (Wildman–Crippen MR) is 124 cm³/mol. The maximum absolute atomic E-state index is 12.8. The summed E-state index contributed by atoms with van der Waals surface area (Å²) in [4.78, 5) is 28.0. The van der Waals surface area contributed by atoms with Gasteiger partial charge in [-0.2, -0.15) is 5.10 Å². The number of fused-ring (bicyclic) bond motifs is 2. The molecule has 2 aromatic heterocycles. The lowest BCUT2D eigenvalue weighted by Crippen LogP contribution is -2.32. The first-order valence-electron chi connectivity index (χ1n) is 10.0. The van der Waals surface area contributed by atoms with Crippen LogP contribution >= 0.6 is 0 Å². The largest absolute Gasteiger partial charge is 0.349 e. The molecule has 0 unspecified atom stereocenters. The average molecular weight is 408 g/mol. The van der Waals surface area contributed by atoms with Gasteiger partial charge in [0.05, 0.1) is 17.1 Å². The van der Waals surface area contributed by atoms with Crippen LogP contribution < -0.4 is 11.2 Å². The molecule has 0 saturated heterocycles. The molecule has 0 saturated carbocycles. The lowest BCUT2D eigenvalue weighted by Gasteiger charge is -2.08. The molecule has 0 radical (unpaired) electrons. The van der Waals surface area contributed by atoms with Gasteiger partial charge in [0, 0.05) is 28.7 Å². The Hall–Kier alpha value is -4.19. The number of nitrogens with one attached hydrogen (secondary N) is 1. The fourth-order valence-corrected chi connectivity index (χ4v) is 3.96. The van der Waals surface area contributed by atoms with Crippen LogP contribution in [0.25, 0.3) is 21.8 Å². The van der Waals surface area contributed by atoms with Crippen LogP contribution in [0.5, 0.6) is 0 Å². The minimum absolute atomic E-state index is 0.419. The Morgan fingerprint density at radius 2 is 1.55 bits per heavy atom. The number of rotatable bonds is 4. The highest BCUT2D eigenvalue weighted by Gasteiger charge is 2.13. The van der Waals surface area contributed by atoms with Crippen molar-refractivity contribution in [1.82, 2.24) is 14.2 Å². The molecule has 1 N–H and O–H groups in total. The molecule has 0 bridgehead atoms. The molecule has 2 heterocycles. The Kier molecular flexibility index (Phi) is 4.59. The molecule has 152 valence electrons. The molecule has 6 nitrogen and oxygen atoms in total. The number of aromatic amines is 1. The number of hydrogen-bond donors (Lipinski definition) is 1. The topological polar surface area (TPSA) is 72.2 Å². The van der Waals surface area contributed by atoms with E-state index in [4.69, 9.17) is 0 Å². The molecule has 5 aromatic rings. The summed E-state index contributed by atoms with van der Waals surface area (Å²) >= 11 is 0. The maximum Gasteiger partial charge on any atom is 0.349 e. The van der Waals surface area contributed by atoms with Gasteiger partial charge in [0.2, 0.25) is 0 Å². The van der Waals surface area contributed by atoms with Crippen LogP contribution in [0.15, 0.2) is 93.6 Å². The molecule has 0 atom stereocenters. The van der Waals surface area contributed by atoms with Crippen LogP contribution in [0.2, 0.25) is 0 Å². The quantitative estimate of drug-likeness (QED) is 0.459. The minimum atomic E-state index is -0.564. The number of para-hydroxylation sites is 2. The number of benzene rings is 3. The van der Waals surface area contributed by atoms with Gasteiger partial charge >= 0.3 is 5.69 Å². The first-order chi connectivity index (χ1) is 15.1. The Morgan fingerprint density at radius 1 is 0.871 bits per heavy atom. The van der Waals surface area contributed by atoms with E-state index in [2.05, 4.69) is 32.9 Å². The fraction of sp³-hybridized carbons (Fsp3) is 0.0800. The number of nitrogens with zero attached hydrogens (tertiary/aromatic N) is 3. The second-order valence-electron chi connectivity index (χ2n) is 7.43. The van der Waals surface area contributed by atoms with Crippen molar-refractivity contribution in [2.24, 2.45) is 5.10 Å². The van der Waals surface area contributed by atoms with E-state index in [0.29, 0.717) is 10.9 Å². The van der Waals surface area contributed by atoms with E-state index in [1.807, 2.05) is 43.3 Å². The Labute approximate surface area is 177 Å². The van der Waals surface area contributed by atoms with Crippen molar-refractivity contribution in [1.29, 1.82) is 0 Å². The van der Waals surface area contributed by atoms with Crippen LogP contribution in [0.4, 0.5) is 0 Å². The average Bonchev–Trinajstić information content (AvgIpc) is 3.05. The highest BCUT2D eigenvalue weighted by molar-refractivity contribution is 6.01. The molecule has 0 aliphatic carbocycles. The van der Waals surface area contributed by atoms with Gasteiger partial charge in [-0.1, -0.05) is 60.7 Å². The summed E-state index contributed by atoms with van der Waals surface area (Å²) in [5, 5.41) is 5.72. The zero-order chi connectivity index (χ0) is 21.4. The van der Waals surface area contributed by atoms with Gasteiger partial charge in [-0.3, -0.25) is 4.79 Å². The van der Waals surface area contributed by atoms with Gasteiger partial charge < -0.3 is 9.55 Å². The van der Waals surface area contributed by atoms with Crippen LogP contribution in [0.1, 0.15) is 16.8 Å². The fourth-order valence-electron chi connectivity index (χ4n) is 3.96. The Bertz CT molecular complexity index is 1560. The van der Waals surface area contributed by atoms with Crippen LogP contribution in [0.3, 0.4) is 0 Å². The lowest BCUT2D eigenvalue weighted by molar-refractivity contribution is 0.770. The first-order valence-corrected chi connectivity index (χ1v) is 10.0. The standard InChI is InChI=1S/C25H20N4O2/c1-17-21(15-26-29-24(30)20-12-5-7-13-22(20)27-25(29)31)19-11-6-8-14-23(19)28(17)16-18-9-3-2-4-10-18/h2-15H,16H2,1H3,(H,27,31). The van der Waals surface area contributed by atoms with E-state index < -0.39 is 11.2 Å². The molecule has 31 heavy (non-hydrogen) atoms. The van der Waals surface area contributed by atoms with Gasteiger partial charge in [0.25, 0.3) is 5.56 Å². The second kappa shape index (κ2) is 7.57. The van der Waals surface area contributed by atoms with Gasteiger partial charge in [0.1, 0.15) is 0 Å². The molecule has 0 spiro atoms. The van der Waals surface area contributed by atoms with E-state index in [9.17, 15) is 9.59 Å². The van der Waals surface area contributed by atoms with E-state index in [1.54, 1.807) is 30.5 Å². The van der Waals surface area contributed by atoms with Crippen LogP contribution in [-0.4, -0.2) is 20.4 Å². The summed E-state index contributed by atoms with van der Waals surface area (Å²) in [6.45, 7) is 2.75. The van der Waals surface area contributed by atoms with E-state index >= 15 is 0 Å². The highest BCUT2D eigenvalue weighted by Crippen LogP contribution is 2.25. The van der Waals surface area contributed by atoms with Gasteiger partial charge in [0.15, 0.2) is 0 Å². The summed E-state index contributed by atoms with van der Waals surface area (Å²) in [5.74, 6) is 0. The molecular weight excluding hydrogens is 388 g/mol. The summed E-state index contributed by atoms with van der Waals surface area (Å²) in [5.41, 5.74) is 3.65. The molecule has 0 amide bonds. The lowest BCUT2D eigenvalue weighted by atomic mass is 10.1. The third kappa shape index (κ3) is 3.28. The minimum Gasteiger partial charge on any atom is -0.340 e. The number of hydrogen-bond acceptors (Lipinski definition) is 3. The van der Waals surface area contributed by atoms with E-state index in [1.165, 1.54) is 5.56 Å². The predicted octanol–water partition coefficient (Wildman–Crippen LogP) is 3.88. The van der Waals surface area contributed by atoms with Crippen molar-refractivity contribution in [2.75, 3.05) is 0 Å². The third-order valence-corrected chi connectivity index (χ3v) is 5.55. The number of aromatic nitrogens is 3. The van der Waals surface area contributed by atoms with Gasteiger partial charge in [-0.05, 0) is 30.7 Å². The van der Waals surface area contributed by atoms with Crippen LogP contribution in [0, 0.1) is 6.92 Å².